The van der Waals surface area contributed by atoms with Crippen LogP contribution in [0, 0.1) is 0 Å². The third kappa shape index (κ3) is 7.03. The molecule has 23 heavy (non-hydrogen) atoms. The van der Waals surface area contributed by atoms with Gasteiger partial charge in [-0.2, -0.15) is 0 Å². The van der Waals surface area contributed by atoms with Gasteiger partial charge in [0.05, 0.1) is 12.3 Å². The first kappa shape index (κ1) is 19.5. The number of rotatable bonds is 8. The maximum Gasteiger partial charge on any atom is 0.193 e. The minimum atomic E-state index is -2.98. The molecular formula is C17H29N3O2S. The molecule has 0 heterocycles. The first-order valence-corrected chi connectivity index (χ1v) is 10.0. The maximum atomic E-state index is 11.6. The lowest BCUT2D eigenvalue weighted by Gasteiger charge is -2.22. The molecule has 0 aliphatic carbocycles. The maximum absolute atomic E-state index is 11.6. The Morgan fingerprint density at radius 1 is 1.13 bits per heavy atom. The van der Waals surface area contributed by atoms with Crippen molar-refractivity contribution < 1.29 is 8.42 Å². The Balaban J connectivity index is 2.70. The van der Waals surface area contributed by atoms with Crippen molar-refractivity contribution in [2.24, 2.45) is 4.99 Å². The Bertz CT molecular complexity index is 595. The van der Waals surface area contributed by atoms with Gasteiger partial charge in [0.1, 0.15) is 0 Å². The summed E-state index contributed by atoms with van der Waals surface area (Å²) in [6.07, 6.45) is 1.03. The summed E-state index contributed by atoms with van der Waals surface area (Å²) in [5.41, 5.74) is 2.53. The number of benzene rings is 1. The molecule has 0 bridgehead atoms. The van der Waals surface area contributed by atoms with Crippen molar-refractivity contribution in [1.29, 1.82) is 0 Å². The van der Waals surface area contributed by atoms with Crippen molar-refractivity contribution in [2.75, 3.05) is 31.6 Å². The van der Waals surface area contributed by atoms with Crippen LogP contribution in [0.2, 0.25) is 0 Å². The van der Waals surface area contributed by atoms with Crippen molar-refractivity contribution >= 4 is 15.8 Å². The summed E-state index contributed by atoms with van der Waals surface area (Å²) < 4.78 is 23.1. The van der Waals surface area contributed by atoms with Gasteiger partial charge >= 0.3 is 0 Å². The highest BCUT2D eigenvalue weighted by Gasteiger charge is 2.09. The Kier molecular flexibility index (Phi) is 8.09. The second-order valence-electron chi connectivity index (χ2n) is 5.50. The van der Waals surface area contributed by atoms with Crippen LogP contribution in [0.1, 0.15) is 31.9 Å². The molecule has 1 rings (SSSR count). The lowest BCUT2D eigenvalue weighted by atomic mass is 10.1. The molecule has 1 aromatic rings. The SMILES string of the molecule is CCNC(=NCCS(=O)(=O)CC)N(C)Cc1ccc(CC)cc1. The molecule has 0 unspecified atom stereocenters. The van der Waals surface area contributed by atoms with Crippen LogP contribution in [0.25, 0.3) is 0 Å². The molecule has 0 saturated heterocycles. The lowest BCUT2D eigenvalue weighted by Crippen LogP contribution is -2.38. The summed E-state index contributed by atoms with van der Waals surface area (Å²) in [5, 5.41) is 3.21. The predicted octanol–water partition coefficient (Wildman–Crippen LogP) is 2.08. The Labute approximate surface area is 140 Å². The highest BCUT2D eigenvalue weighted by molar-refractivity contribution is 7.91. The summed E-state index contributed by atoms with van der Waals surface area (Å²) in [4.78, 5) is 6.45. The number of sulfone groups is 1. The zero-order valence-corrected chi connectivity index (χ0v) is 15.5. The Morgan fingerprint density at radius 3 is 2.26 bits per heavy atom. The van der Waals surface area contributed by atoms with E-state index in [1.807, 2.05) is 18.9 Å². The average Bonchev–Trinajstić information content (AvgIpc) is 2.54. The molecule has 0 aliphatic rings. The van der Waals surface area contributed by atoms with Crippen LogP contribution in [0.15, 0.2) is 29.3 Å². The van der Waals surface area contributed by atoms with E-state index < -0.39 is 9.84 Å². The van der Waals surface area contributed by atoms with Crippen LogP contribution in [0.5, 0.6) is 0 Å². The van der Waals surface area contributed by atoms with E-state index >= 15 is 0 Å². The van der Waals surface area contributed by atoms with Gasteiger partial charge in [0.15, 0.2) is 15.8 Å². The number of nitrogens with zero attached hydrogens (tertiary/aromatic N) is 2. The summed E-state index contributed by atoms with van der Waals surface area (Å²) in [5.74, 6) is 0.995. The lowest BCUT2D eigenvalue weighted by molar-refractivity contribution is 0.477. The van der Waals surface area contributed by atoms with Gasteiger partial charge in [-0.1, -0.05) is 38.1 Å². The standard InChI is InChI=1S/C17H29N3O2S/c1-5-15-8-10-16(11-9-15)14-20(4)17(18-6-2)19-12-13-23(21,22)7-3/h8-11H,5-7,12-14H2,1-4H3,(H,18,19). The molecule has 1 N–H and O–H groups in total. The fourth-order valence-corrected chi connectivity index (χ4v) is 2.79. The molecule has 0 amide bonds. The van der Waals surface area contributed by atoms with Crippen molar-refractivity contribution in [3.63, 3.8) is 0 Å². The number of aliphatic imine (C=N–C) groups is 1. The van der Waals surface area contributed by atoms with Gasteiger partial charge in [0.2, 0.25) is 0 Å². The monoisotopic (exact) mass is 339 g/mol. The van der Waals surface area contributed by atoms with E-state index in [0.29, 0.717) is 0 Å². The second kappa shape index (κ2) is 9.55. The van der Waals surface area contributed by atoms with Gasteiger partial charge in [-0.05, 0) is 24.5 Å². The molecule has 0 atom stereocenters. The van der Waals surface area contributed by atoms with Gasteiger partial charge in [-0.25, -0.2) is 8.42 Å². The summed E-state index contributed by atoms with van der Waals surface area (Å²) in [7, 11) is -1.01. The van der Waals surface area contributed by atoms with Crippen LogP contribution in [0.4, 0.5) is 0 Å². The van der Waals surface area contributed by atoms with Crippen molar-refractivity contribution in [2.45, 2.75) is 33.7 Å². The molecule has 5 nitrogen and oxygen atoms in total. The van der Waals surface area contributed by atoms with E-state index in [-0.39, 0.29) is 18.1 Å². The fraction of sp³-hybridized carbons (Fsp3) is 0.588. The summed E-state index contributed by atoms with van der Waals surface area (Å²) in [6, 6.07) is 8.53. The molecule has 0 aliphatic heterocycles. The second-order valence-corrected chi connectivity index (χ2v) is 7.97. The fourth-order valence-electron chi connectivity index (χ4n) is 2.13. The highest BCUT2D eigenvalue weighted by atomic mass is 32.2. The van der Waals surface area contributed by atoms with E-state index in [4.69, 9.17) is 0 Å². The number of aryl methyl sites for hydroxylation is 1. The van der Waals surface area contributed by atoms with Crippen molar-refractivity contribution in [3.05, 3.63) is 35.4 Å². The molecule has 6 heteroatoms. The van der Waals surface area contributed by atoms with E-state index in [0.717, 1.165) is 25.5 Å². The minimum Gasteiger partial charge on any atom is -0.357 e. The van der Waals surface area contributed by atoms with Crippen LogP contribution in [-0.4, -0.2) is 50.9 Å². The molecule has 0 aromatic heterocycles. The molecule has 130 valence electrons. The van der Waals surface area contributed by atoms with Crippen molar-refractivity contribution in [3.8, 4) is 0 Å². The smallest absolute Gasteiger partial charge is 0.193 e. The van der Waals surface area contributed by atoms with Crippen LogP contribution < -0.4 is 5.32 Å². The summed E-state index contributed by atoms with van der Waals surface area (Å²) >= 11 is 0. The first-order valence-electron chi connectivity index (χ1n) is 8.19. The number of guanidine groups is 1. The number of nitrogens with one attached hydrogen (secondary N) is 1. The predicted molar refractivity (Wildman–Crippen MR) is 97.6 cm³/mol. The zero-order chi connectivity index (χ0) is 17.3. The normalized spacial score (nSPS) is 12.3. The molecule has 1 aromatic carbocycles. The molecule has 0 radical (unpaired) electrons. The van der Waals surface area contributed by atoms with Gasteiger partial charge in [0, 0.05) is 25.9 Å². The Hall–Kier alpha value is -1.56. The molecule has 0 spiro atoms. The topological polar surface area (TPSA) is 61.8 Å². The molecule has 0 fully saturated rings. The summed E-state index contributed by atoms with van der Waals surface area (Å²) in [6.45, 7) is 7.58. The first-order chi connectivity index (χ1) is 10.9. The van der Waals surface area contributed by atoms with E-state index in [1.54, 1.807) is 6.92 Å². The van der Waals surface area contributed by atoms with Gasteiger partial charge in [0.25, 0.3) is 0 Å². The van der Waals surface area contributed by atoms with Crippen molar-refractivity contribution in [1.82, 2.24) is 10.2 Å². The Morgan fingerprint density at radius 2 is 1.74 bits per heavy atom. The minimum absolute atomic E-state index is 0.0947. The number of hydrogen-bond acceptors (Lipinski definition) is 3. The van der Waals surface area contributed by atoms with Crippen LogP contribution in [-0.2, 0) is 22.8 Å². The van der Waals surface area contributed by atoms with Gasteiger partial charge in [-0.15, -0.1) is 0 Å². The molecule has 0 saturated carbocycles. The quantitative estimate of drug-likeness (QED) is 0.582. The highest BCUT2D eigenvalue weighted by Crippen LogP contribution is 2.07. The van der Waals surface area contributed by atoms with E-state index in [9.17, 15) is 8.42 Å². The van der Waals surface area contributed by atoms with Gasteiger partial charge < -0.3 is 10.2 Å². The largest absolute Gasteiger partial charge is 0.357 e. The average molecular weight is 340 g/mol. The third-order valence-electron chi connectivity index (χ3n) is 3.65. The van der Waals surface area contributed by atoms with Crippen LogP contribution in [0.3, 0.4) is 0 Å². The zero-order valence-electron chi connectivity index (χ0n) is 14.7. The van der Waals surface area contributed by atoms with Crippen LogP contribution >= 0.6 is 0 Å². The van der Waals surface area contributed by atoms with Gasteiger partial charge in [-0.3, -0.25) is 4.99 Å². The van der Waals surface area contributed by atoms with E-state index in [1.165, 1.54) is 11.1 Å². The van der Waals surface area contributed by atoms with E-state index in [2.05, 4.69) is 41.5 Å². The number of hydrogen-bond donors (Lipinski definition) is 1. The third-order valence-corrected chi connectivity index (χ3v) is 5.34. The molecular weight excluding hydrogens is 310 g/mol.